The van der Waals surface area contributed by atoms with Crippen LogP contribution in [0.2, 0.25) is 0 Å². The normalized spacial score (nSPS) is 10.1. The molecule has 0 saturated carbocycles. The molecule has 2 rings (SSSR count). The van der Waals surface area contributed by atoms with Gasteiger partial charge in [0, 0.05) is 11.8 Å². The van der Waals surface area contributed by atoms with Crippen molar-refractivity contribution in [2.45, 2.75) is 6.92 Å². The monoisotopic (exact) mass is 218 g/mol. The first-order chi connectivity index (χ1) is 7.68. The standard InChI is InChI=1S/C11H10N2O3/c1-7-9(2-4-12-10(7)14)13-11(15)8-3-5-16-6-8/h2-6H,1H3,(H2,12,13,14,15). The predicted octanol–water partition coefficient (Wildman–Crippen LogP) is 1.53. The quantitative estimate of drug-likeness (QED) is 0.802. The van der Waals surface area contributed by atoms with E-state index in [9.17, 15) is 9.59 Å². The van der Waals surface area contributed by atoms with Gasteiger partial charge in [0.15, 0.2) is 0 Å². The van der Waals surface area contributed by atoms with E-state index in [-0.39, 0.29) is 11.5 Å². The van der Waals surface area contributed by atoms with Gasteiger partial charge in [0.05, 0.1) is 17.5 Å². The first-order valence-electron chi connectivity index (χ1n) is 4.70. The highest BCUT2D eigenvalue weighted by atomic mass is 16.3. The molecule has 0 fully saturated rings. The molecule has 0 aliphatic heterocycles. The van der Waals surface area contributed by atoms with Gasteiger partial charge >= 0.3 is 0 Å². The molecule has 2 aromatic heterocycles. The number of furan rings is 1. The molecule has 1 amide bonds. The molecular weight excluding hydrogens is 208 g/mol. The highest BCUT2D eigenvalue weighted by Gasteiger charge is 2.09. The van der Waals surface area contributed by atoms with E-state index >= 15 is 0 Å². The number of rotatable bonds is 2. The van der Waals surface area contributed by atoms with Crippen molar-refractivity contribution in [3.63, 3.8) is 0 Å². The summed E-state index contributed by atoms with van der Waals surface area (Å²) in [5, 5.41) is 2.63. The Morgan fingerprint density at radius 1 is 1.44 bits per heavy atom. The lowest BCUT2D eigenvalue weighted by Crippen LogP contribution is -2.16. The predicted molar refractivity (Wildman–Crippen MR) is 58.5 cm³/mol. The maximum Gasteiger partial charge on any atom is 0.258 e. The molecule has 5 nitrogen and oxygen atoms in total. The van der Waals surface area contributed by atoms with Crippen LogP contribution in [0, 0.1) is 6.92 Å². The zero-order valence-corrected chi connectivity index (χ0v) is 8.61. The summed E-state index contributed by atoms with van der Waals surface area (Å²) in [4.78, 5) is 25.5. The van der Waals surface area contributed by atoms with Crippen molar-refractivity contribution in [1.29, 1.82) is 0 Å². The van der Waals surface area contributed by atoms with E-state index in [0.29, 0.717) is 16.8 Å². The SMILES string of the molecule is Cc1c(NC(=O)c2ccoc2)cc[nH]c1=O. The van der Waals surface area contributed by atoms with Gasteiger partial charge in [-0.2, -0.15) is 0 Å². The van der Waals surface area contributed by atoms with Gasteiger partial charge in [-0.1, -0.05) is 0 Å². The van der Waals surface area contributed by atoms with E-state index in [1.54, 1.807) is 19.1 Å². The lowest BCUT2D eigenvalue weighted by Gasteiger charge is -2.05. The molecule has 5 heteroatoms. The third-order valence-electron chi connectivity index (χ3n) is 2.24. The molecule has 2 heterocycles. The molecule has 0 aliphatic carbocycles. The first kappa shape index (κ1) is 10.2. The summed E-state index contributed by atoms with van der Waals surface area (Å²) in [6.07, 6.45) is 4.25. The Kier molecular flexibility index (Phi) is 2.59. The topological polar surface area (TPSA) is 75.1 Å². The lowest BCUT2D eigenvalue weighted by molar-refractivity contribution is 0.102. The van der Waals surface area contributed by atoms with Gasteiger partial charge in [0.2, 0.25) is 0 Å². The summed E-state index contributed by atoms with van der Waals surface area (Å²) >= 11 is 0. The Bertz CT molecular complexity index is 555. The van der Waals surface area contributed by atoms with E-state index in [4.69, 9.17) is 4.42 Å². The Morgan fingerprint density at radius 2 is 2.25 bits per heavy atom. The second-order valence-electron chi connectivity index (χ2n) is 3.31. The Hall–Kier alpha value is -2.30. The summed E-state index contributed by atoms with van der Waals surface area (Å²) in [6, 6.07) is 3.19. The Balaban J connectivity index is 2.25. The minimum Gasteiger partial charge on any atom is -0.472 e. The summed E-state index contributed by atoms with van der Waals surface area (Å²) in [5.41, 5.74) is 1.17. The second kappa shape index (κ2) is 4.06. The summed E-state index contributed by atoms with van der Waals surface area (Å²) in [5.74, 6) is -0.303. The van der Waals surface area contributed by atoms with Crippen molar-refractivity contribution >= 4 is 11.6 Å². The molecule has 0 aliphatic rings. The number of amides is 1. The molecule has 0 unspecified atom stereocenters. The molecule has 0 atom stereocenters. The van der Waals surface area contributed by atoms with Gasteiger partial charge in [-0.25, -0.2) is 0 Å². The molecule has 0 spiro atoms. The molecule has 0 aromatic carbocycles. The number of hydrogen-bond acceptors (Lipinski definition) is 3. The molecular formula is C11H10N2O3. The number of aromatic amines is 1. The van der Waals surface area contributed by atoms with Gasteiger partial charge in [-0.05, 0) is 19.1 Å². The maximum atomic E-state index is 11.7. The van der Waals surface area contributed by atoms with Gasteiger partial charge in [-0.3, -0.25) is 9.59 Å². The van der Waals surface area contributed by atoms with Gasteiger partial charge in [0.1, 0.15) is 6.26 Å². The lowest BCUT2D eigenvalue weighted by atomic mass is 10.2. The fraction of sp³-hybridized carbons (Fsp3) is 0.0909. The van der Waals surface area contributed by atoms with E-state index in [2.05, 4.69) is 10.3 Å². The zero-order valence-electron chi connectivity index (χ0n) is 8.61. The van der Waals surface area contributed by atoms with Crippen molar-refractivity contribution in [3.8, 4) is 0 Å². The third-order valence-corrected chi connectivity index (χ3v) is 2.24. The average Bonchev–Trinajstić information content (AvgIpc) is 2.78. The van der Waals surface area contributed by atoms with Crippen molar-refractivity contribution in [1.82, 2.24) is 4.98 Å². The van der Waals surface area contributed by atoms with E-state index in [0.717, 1.165) is 0 Å². The molecule has 16 heavy (non-hydrogen) atoms. The highest BCUT2D eigenvalue weighted by Crippen LogP contribution is 2.10. The number of H-pyrrole nitrogens is 1. The number of anilines is 1. The van der Waals surface area contributed by atoms with Crippen LogP contribution in [0.4, 0.5) is 5.69 Å². The van der Waals surface area contributed by atoms with Crippen LogP contribution in [0.25, 0.3) is 0 Å². The van der Waals surface area contributed by atoms with Crippen molar-refractivity contribution in [2.75, 3.05) is 5.32 Å². The summed E-state index contributed by atoms with van der Waals surface area (Å²) in [7, 11) is 0. The van der Waals surface area contributed by atoms with Crippen LogP contribution in [0.15, 0.2) is 40.1 Å². The van der Waals surface area contributed by atoms with Crippen LogP contribution >= 0.6 is 0 Å². The smallest absolute Gasteiger partial charge is 0.258 e. The van der Waals surface area contributed by atoms with Crippen LogP contribution in [0.1, 0.15) is 15.9 Å². The molecule has 82 valence electrons. The van der Waals surface area contributed by atoms with Gasteiger partial charge in [-0.15, -0.1) is 0 Å². The molecule has 2 N–H and O–H groups in total. The Morgan fingerprint density at radius 3 is 2.94 bits per heavy atom. The van der Waals surface area contributed by atoms with E-state index < -0.39 is 0 Å². The fourth-order valence-corrected chi connectivity index (χ4v) is 1.28. The first-order valence-corrected chi connectivity index (χ1v) is 4.70. The van der Waals surface area contributed by atoms with Crippen LogP contribution in [0.5, 0.6) is 0 Å². The molecule has 0 bridgehead atoms. The zero-order chi connectivity index (χ0) is 11.5. The number of aromatic nitrogens is 1. The van der Waals surface area contributed by atoms with Gasteiger partial charge < -0.3 is 14.7 Å². The van der Waals surface area contributed by atoms with Crippen molar-refractivity contribution < 1.29 is 9.21 Å². The van der Waals surface area contributed by atoms with Crippen LogP contribution in [-0.2, 0) is 0 Å². The largest absolute Gasteiger partial charge is 0.472 e. The maximum absolute atomic E-state index is 11.7. The van der Waals surface area contributed by atoms with E-state index in [1.165, 1.54) is 18.7 Å². The summed E-state index contributed by atoms with van der Waals surface area (Å²) < 4.78 is 4.80. The van der Waals surface area contributed by atoms with Crippen molar-refractivity contribution in [2.24, 2.45) is 0 Å². The minimum absolute atomic E-state index is 0.218. The van der Waals surface area contributed by atoms with Crippen molar-refractivity contribution in [3.05, 3.63) is 52.3 Å². The van der Waals surface area contributed by atoms with Crippen LogP contribution in [-0.4, -0.2) is 10.9 Å². The molecule has 2 aromatic rings. The number of pyridine rings is 1. The number of carbonyl (C=O) groups is 1. The highest BCUT2D eigenvalue weighted by molar-refractivity contribution is 6.04. The number of carbonyl (C=O) groups excluding carboxylic acids is 1. The number of nitrogens with one attached hydrogen (secondary N) is 2. The van der Waals surface area contributed by atoms with Crippen LogP contribution in [0.3, 0.4) is 0 Å². The summed E-state index contributed by atoms with van der Waals surface area (Å²) in [6.45, 7) is 1.64. The minimum atomic E-state index is -0.303. The average molecular weight is 218 g/mol. The fourth-order valence-electron chi connectivity index (χ4n) is 1.28. The third kappa shape index (κ3) is 1.88. The Labute approximate surface area is 91.1 Å². The van der Waals surface area contributed by atoms with Gasteiger partial charge in [0.25, 0.3) is 11.5 Å². The van der Waals surface area contributed by atoms with Crippen LogP contribution < -0.4 is 10.9 Å². The molecule has 0 saturated heterocycles. The second-order valence-corrected chi connectivity index (χ2v) is 3.31. The van der Waals surface area contributed by atoms with E-state index in [1.807, 2.05) is 0 Å². The number of hydrogen-bond donors (Lipinski definition) is 2. The molecule has 0 radical (unpaired) electrons.